The summed E-state index contributed by atoms with van der Waals surface area (Å²) in [4.78, 5) is 24.3. The van der Waals surface area contributed by atoms with Gasteiger partial charge >= 0.3 is 0 Å². The van der Waals surface area contributed by atoms with Gasteiger partial charge in [-0.15, -0.1) is 0 Å². The fourth-order valence-corrected chi connectivity index (χ4v) is 4.86. The third kappa shape index (κ3) is 4.45. The Balaban J connectivity index is 1.73. The van der Waals surface area contributed by atoms with E-state index in [-0.39, 0.29) is 5.91 Å². The van der Waals surface area contributed by atoms with Crippen molar-refractivity contribution < 1.29 is 14.3 Å². The SMILES string of the molecule is COc1ccc(OC)c2sc(N(CCCn3ccnc3)C(=O)c3cc(C)cc(C)c3)nc12. The highest BCUT2D eigenvalue weighted by atomic mass is 32.1. The van der Waals surface area contributed by atoms with Gasteiger partial charge in [0.15, 0.2) is 5.13 Å². The summed E-state index contributed by atoms with van der Waals surface area (Å²) in [5, 5.41) is 0.623. The second-order valence-electron chi connectivity index (χ2n) is 7.63. The minimum Gasteiger partial charge on any atom is -0.495 e. The molecule has 0 radical (unpaired) electrons. The number of carbonyl (C=O) groups is 1. The zero-order valence-electron chi connectivity index (χ0n) is 18.7. The topological polar surface area (TPSA) is 69.5 Å². The van der Waals surface area contributed by atoms with E-state index in [1.54, 1.807) is 31.6 Å². The quantitative estimate of drug-likeness (QED) is 0.383. The minimum atomic E-state index is -0.0700. The van der Waals surface area contributed by atoms with Crippen LogP contribution < -0.4 is 14.4 Å². The van der Waals surface area contributed by atoms with Crippen LogP contribution in [0, 0.1) is 13.8 Å². The van der Waals surface area contributed by atoms with Crippen molar-refractivity contribution in [3.63, 3.8) is 0 Å². The van der Waals surface area contributed by atoms with Crippen molar-refractivity contribution in [1.29, 1.82) is 0 Å². The number of anilines is 1. The molecule has 0 spiro atoms. The molecule has 0 atom stereocenters. The molecule has 2 aromatic heterocycles. The Morgan fingerprint density at radius 2 is 1.81 bits per heavy atom. The molecule has 2 aromatic carbocycles. The van der Waals surface area contributed by atoms with E-state index in [9.17, 15) is 4.79 Å². The van der Waals surface area contributed by atoms with E-state index in [2.05, 4.69) is 11.1 Å². The smallest absolute Gasteiger partial charge is 0.260 e. The van der Waals surface area contributed by atoms with Crippen molar-refractivity contribution in [2.45, 2.75) is 26.8 Å². The minimum absolute atomic E-state index is 0.0700. The molecule has 0 aliphatic rings. The molecule has 0 aliphatic carbocycles. The maximum Gasteiger partial charge on any atom is 0.260 e. The number of aryl methyl sites for hydroxylation is 3. The molecule has 166 valence electrons. The first kappa shape index (κ1) is 21.8. The van der Waals surface area contributed by atoms with Gasteiger partial charge in [0.1, 0.15) is 21.7 Å². The van der Waals surface area contributed by atoms with Gasteiger partial charge in [0, 0.05) is 31.0 Å². The third-order valence-electron chi connectivity index (χ3n) is 5.20. The van der Waals surface area contributed by atoms with Crippen LogP contribution in [0.3, 0.4) is 0 Å². The Kier molecular flexibility index (Phi) is 6.41. The molecular formula is C24H26N4O3S. The van der Waals surface area contributed by atoms with Crippen LogP contribution in [0.15, 0.2) is 49.1 Å². The number of hydrogen-bond donors (Lipinski definition) is 0. The van der Waals surface area contributed by atoms with Crippen LogP contribution in [-0.4, -0.2) is 41.2 Å². The Morgan fingerprint density at radius 1 is 1.09 bits per heavy atom. The number of rotatable bonds is 8. The van der Waals surface area contributed by atoms with Gasteiger partial charge in [-0.2, -0.15) is 0 Å². The summed E-state index contributed by atoms with van der Waals surface area (Å²) in [6, 6.07) is 9.60. The maximum atomic E-state index is 13.6. The molecule has 0 unspecified atom stereocenters. The van der Waals surface area contributed by atoms with Crippen LogP contribution in [0.4, 0.5) is 5.13 Å². The van der Waals surface area contributed by atoms with E-state index in [0.717, 1.165) is 28.8 Å². The van der Waals surface area contributed by atoms with Gasteiger partial charge < -0.3 is 14.0 Å². The monoisotopic (exact) mass is 450 g/mol. The first-order valence-electron chi connectivity index (χ1n) is 10.4. The van der Waals surface area contributed by atoms with Gasteiger partial charge in [-0.3, -0.25) is 9.69 Å². The number of ether oxygens (including phenoxy) is 2. The summed E-state index contributed by atoms with van der Waals surface area (Å²) in [7, 11) is 3.24. The van der Waals surface area contributed by atoms with E-state index in [0.29, 0.717) is 34.3 Å². The number of fused-ring (bicyclic) bond motifs is 1. The molecule has 0 N–H and O–H groups in total. The fraction of sp³-hybridized carbons (Fsp3) is 0.292. The van der Waals surface area contributed by atoms with Gasteiger partial charge in [0.25, 0.3) is 5.91 Å². The van der Waals surface area contributed by atoms with Crippen molar-refractivity contribution >= 4 is 32.6 Å². The Bertz CT molecular complexity index is 1170. The molecule has 0 aliphatic heterocycles. The first-order chi connectivity index (χ1) is 15.5. The van der Waals surface area contributed by atoms with Crippen molar-refractivity contribution in [2.75, 3.05) is 25.7 Å². The highest BCUT2D eigenvalue weighted by Crippen LogP contribution is 2.40. The molecule has 0 bridgehead atoms. The van der Waals surface area contributed by atoms with Crippen molar-refractivity contribution in [3.8, 4) is 11.5 Å². The molecule has 0 saturated heterocycles. The van der Waals surface area contributed by atoms with Gasteiger partial charge in [0.2, 0.25) is 0 Å². The number of nitrogens with zero attached hydrogens (tertiary/aromatic N) is 4. The van der Waals surface area contributed by atoms with E-state index in [1.165, 1.54) is 11.3 Å². The van der Waals surface area contributed by atoms with Gasteiger partial charge in [-0.05, 0) is 44.5 Å². The second-order valence-corrected chi connectivity index (χ2v) is 8.61. The first-order valence-corrected chi connectivity index (χ1v) is 11.2. The average Bonchev–Trinajstić information content (AvgIpc) is 3.45. The normalized spacial score (nSPS) is 11.0. The van der Waals surface area contributed by atoms with E-state index < -0.39 is 0 Å². The summed E-state index contributed by atoms with van der Waals surface area (Å²) >= 11 is 1.44. The summed E-state index contributed by atoms with van der Waals surface area (Å²) < 4.78 is 13.9. The zero-order chi connectivity index (χ0) is 22.7. The van der Waals surface area contributed by atoms with Crippen LogP contribution in [0.25, 0.3) is 10.2 Å². The summed E-state index contributed by atoms with van der Waals surface area (Å²) in [6.45, 7) is 5.28. The molecule has 7 nitrogen and oxygen atoms in total. The third-order valence-corrected chi connectivity index (χ3v) is 6.29. The Morgan fingerprint density at radius 3 is 2.47 bits per heavy atom. The molecule has 4 aromatic rings. The van der Waals surface area contributed by atoms with E-state index in [4.69, 9.17) is 14.5 Å². The fourth-order valence-electron chi connectivity index (χ4n) is 3.76. The Labute approximate surface area is 191 Å². The Hall–Kier alpha value is -3.39. The highest BCUT2D eigenvalue weighted by molar-refractivity contribution is 7.22. The van der Waals surface area contributed by atoms with Crippen LogP contribution in [0.5, 0.6) is 11.5 Å². The van der Waals surface area contributed by atoms with Crippen molar-refractivity contribution in [3.05, 3.63) is 65.7 Å². The van der Waals surface area contributed by atoms with Crippen LogP contribution in [0.2, 0.25) is 0 Å². The van der Waals surface area contributed by atoms with Crippen LogP contribution in [-0.2, 0) is 6.54 Å². The molecule has 4 rings (SSSR count). The number of aromatic nitrogens is 3. The molecular weight excluding hydrogens is 424 g/mol. The van der Waals surface area contributed by atoms with Crippen molar-refractivity contribution in [2.24, 2.45) is 0 Å². The predicted octanol–water partition coefficient (Wildman–Crippen LogP) is 4.86. The summed E-state index contributed by atoms with van der Waals surface area (Å²) in [6.07, 6.45) is 6.22. The number of carbonyl (C=O) groups excluding carboxylic acids is 1. The number of amides is 1. The average molecular weight is 451 g/mol. The lowest BCUT2D eigenvalue weighted by Crippen LogP contribution is -2.32. The molecule has 32 heavy (non-hydrogen) atoms. The standard InChI is InChI=1S/C24H26N4O3S/c1-16-12-17(2)14-18(13-16)23(29)28(10-5-9-27-11-8-25-15-27)24-26-21-19(30-3)6-7-20(31-4)22(21)32-24/h6-8,11-15H,5,9-10H2,1-4H3. The molecule has 8 heteroatoms. The second kappa shape index (κ2) is 9.40. The van der Waals surface area contributed by atoms with Gasteiger partial charge in [0.05, 0.1) is 20.5 Å². The molecule has 2 heterocycles. The number of hydrogen-bond acceptors (Lipinski definition) is 6. The maximum absolute atomic E-state index is 13.6. The molecule has 1 amide bonds. The summed E-state index contributed by atoms with van der Waals surface area (Å²) in [5.74, 6) is 1.29. The number of benzene rings is 2. The van der Waals surface area contributed by atoms with E-state index in [1.807, 2.05) is 48.9 Å². The van der Waals surface area contributed by atoms with Crippen LogP contribution in [0.1, 0.15) is 27.9 Å². The molecule has 0 fully saturated rings. The van der Waals surface area contributed by atoms with Gasteiger partial charge in [-0.1, -0.05) is 28.5 Å². The lowest BCUT2D eigenvalue weighted by atomic mass is 10.1. The number of methoxy groups -OCH3 is 2. The number of thiazole rings is 1. The predicted molar refractivity (Wildman–Crippen MR) is 127 cm³/mol. The number of imidazole rings is 1. The van der Waals surface area contributed by atoms with Gasteiger partial charge in [-0.25, -0.2) is 9.97 Å². The highest BCUT2D eigenvalue weighted by Gasteiger charge is 2.24. The van der Waals surface area contributed by atoms with E-state index >= 15 is 0 Å². The van der Waals surface area contributed by atoms with Crippen LogP contribution >= 0.6 is 11.3 Å². The summed E-state index contributed by atoms with van der Waals surface area (Å²) in [5.41, 5.74) is 3.46. The lowest BCUT2D eigenvalue weighted by molar-refractivity contribution is 0.0986. The largest absolute Gasteiger partial charge is 0.495 e. The van der Waals surface area contributed by atoms with Crippen molar-refractivity contribution in [1.82, 2.24) is 14.5 Å². The molecule has 0 saturated carbocycles. The lowest BCUT2D eigenvalue weighted by Gasteiger charge is -2.20. The zero-order valence-corrected chi connectivity index (χ0v) is 19.5.